The number of rotatable bonds is 2. The summed E-state index contributed by atoms with van der Waals surface area (Å²) in [5.41, 5.74) is 0.0586. The van der Waals surface area contributed by atoms with Crippen LogP contribution < -0.4 is 0 Å². The molecule has 0 aliphatic carbocycles. The Morgan fingerprint density at radius 1 is 1.39 bits per heavy atom. The van der Waals surface area contributed by atoms with Crippen LogP contribution in [0, 0.1) is 5.82 Å². The minimum atomic E-state index is -0.793. The van der Waals surface area contributed by atoms with E-state index in [0.29, 0.717) is 19.3 Å². The minimum absolute atomic E-state index is 0.0367. The Balaban J connectivity index is 2.13. The van der Waals surface area contributed by atoms with E-state index in [0.717, 1.165) is 5.56 Å². The molecule has 2 unspecified atom stereocenters. The lowest BCUT2D eigenvalue weighted by atomic mass is 9.82. The van der Waals surface area contributed by atoms with Gasteiger partial charge in [-0.2, -0.15) is 0 Å². The van der Waals surface area contributed by atoms with Crippen molar-refractivity contribution in [1.29, 1.82) is 0 Å². The van der Waals surface area contributed by atoms with E-state index < -0.39 is 11.4 Å². The summed E-state index contributed by atoms with van der Waals surface area (Å²) in [7, 11) is 0. The lowest BCUT2D eigenvalue weighted by Gasteiger charge is -2.39. The summed E-state index contributed by atoms with van der Waals surface area (Å²) in [5.74, 6) is -0.430. The molecule has 0 spiro atoms. The number of benzene rings is 1. The second kappa shape index (κ2) is 5.16. The summed E-state index contributed by atoms with van der Waals surface area (Å²) in [6.45, 7) is 3.91. The smallest absolute Gasteiger partial charge is 0.141 e. The van der Waals surface area contributed by atoms with Crippen LogP contribution in [0.3, 0.4) is 0 Å². The molecule has 1 saturated heterocycles. The van der Waals surface area contributed by atoms with Gasteiger partial charge in [0.05, 0.1) is 22.8 Å². The molecule has 1 aliphatic heterocycles. The topological polar surface area (TPSA) is 29.5 Å². The first-order chi connectivity index (χ1) is 8.38. The molecule has 18 heavy (non-hydrogen) atoms. The Kier molecular flexibility index (Phi) is 3.95. The van der Waals surface area contributed by atoms with Gasteiger partial charge in [-0.3, -0.25) is 0 Å². The van der Waals surface area contributed by atoms with Crippen molar-refractivity contribution in [3.63, 3.8) is 0 Å². The molecule has 1 aliphatic rings. The lowest BCUT2D eigenvalue weighted by Crippen LogP contribution is -2.44. The van der Waals surface area contributed by atoms with Gasteiger partial charge in [-0.05, 0) is 31.5 Å². The highest BCUT2D eigenvalue weighted by Crippen LogP contribution is 2.32. The number of hydrogen-bond acceptors (Lipinski definition) is 2. The highest BCUT2D eigenvalue weighted by molar-refractivity contribution is 6.30. The Bertz CT molecular complexity index is 426. The molecule has 1 aromatic carbocycles. The third-order valence-corrected chi connectivity index (χ3v) is 3.61. The van der Waals surface area contributed by atoms with E-state index >= 15 is 0 Å². The van der Waals surface area contributed by atoms with Crippen LogP contribution in [0.1, 0.15) is 32.3 Å². The Labute approximate surface area is 112 Å². The average Bonchev–Trinajstić information content (AvgIpc) is 2.21. The van der Waals surface area contributed by atoms with Crippen molar-refractivity contribution in [3.8, 4) is 0 Å². The zero-order valence-corrected chi connectivity index (χ0v) is 11.4. The monoisotopic (exact) mass is 272 g/mol. The predicted molar refractivity (Wildman–Crippen MR) is 69.3 cm³/mol. The predicted octanol–water partition coefficient (Wildman–Crippen LogP) is 3.34. The molecule has 0 radical (unpaired) electrons. The van der Waals surface area contributed by atoms with Gasteiger partial charge in [0.25, 0.3) is 0 Å². The normalized spacial score (nSPS) is 32.5. The van der Waals surface area contributed by atoms with Crippen LogP contribution in [0.5, 0.6) is 0 Å². The number of halogens is 2. The van der Waals surface area contributed by atoms with E-state index in [2.05, 4.69) is 0 Å². The SMILES string of the molecule is CC1CC(O)(Cc2ccc(F)c(Cl)c2)CC(C)O1. The van der Waals surface area contributed by atoms with Crippen LogP contribution in [0.25, 0.3) is 0 Å². The molecule has 100 valence electrons. The minimum Gasteiger partial charge on any atom is -0.389 e. The fourth-order valence-corrected chi connectivity index (χ4v) is 3.02. The van der Waals surface area contributed by atoms with Gasteiger partial charge in [0.2, 0.25) is 0 Å². The van der Waals surface area contributed by atoms with E-state index in [9.17, 15) is 9.50 Å². The molecule has 1 fully saturated rings. The van der Waals surface area contributed by atoms with Crippen LogP contribution in [0.15, 0.2) is 18.2 Å². The maximum Gasteiger partial charge on any atom is 0.141 e. The van der Waals surface area contributed by atoms with Gasteiger partial charge < -0.3 is 9.84 Å². The van der Waals surface area contributed by atoms with Gasteiger partial charge in [-0.1, -0.05) is 17.7 Å². The van der Waals surface area contributed by atoms with Crippen molar-refractivity contribution in [2.24, 2.45) is 0 Å². The molecular weight excluding hydrogens is 255 g/mol. The average molecular weight is 273 g/mol. The van der Waals surface area contributed by atoms with Crippen molar-refractivity contribution in [3.05, 3.63) is 34.6 Å². The summed E-state index contributed by atoms with van der Waals surface area (Å²) in [6.07, 6.45) is 1.73. The maximum atomic E-state index is 13.1. The molecule has 2 rings (SSSR count). The zero-order valence-electron chi connectivity index (χ0n) is 10.6. The maximum absolute atomic E-state index is 13.1. The first kappa shape index (κ1) is 13.8. The van der Waals surface area contributed by atoms with Gasteiger partial charge >= 0.3 is 0 Å². The van der Waals surface area contributed by atoms with Crippen LogP contribution in [-0.2, 0) is 11.2 Å². The Hall–Kier alpha value is -0.640. The van der Waals surface area contributed by atoms with Crippen molar-refractivity contribution >= 4 is 11.6 Å². The molecule has 0 amide bonds. The van der Waals surface area contributed by atoms with Crippen molar-refractivity contribution < 1.29 is 14.2 Å². The molecule has 4 heteroatoms. The van der Waals surface area contributed by atoms with Gasteiger partial charge in [0.1, 0.15) is 5.82 Å². The molecular formula is C14H18ClFO2. The third kappa shape index (κ3) is 3.22. The molecule has 1 aromatic rings. The van der Waals surface area contributed by atoms with E-state index in [1.165, 1.54) is 6.07 Å². The molecule has 1 heterocycles. The van der Waals surface area contributed by atoms with Crippen LogP contribution in [0.2, 0.25) is 5.02 Å². The largest absolute Gasteiger partial charge is 0.389 e. The van der Waals surface area contributed by atoms with Crippen LogP contribution in [-0.4, -0.2) is 22.9 Å². The second-order valence-electron chi connectivity index (χ2n) is 5.32. The lowest BCUT2D eigenvalue weighted by molar-refractivity contribution is -0.130. The van der Waals surface area contributed by atoms with Gasteiger partial charge in [-0.25, -0.2) is 4.39 Å². The van der Waals surface area contributed by atoms with Gasteiger partial charge in [0, 0.05) is 19.3 Å². The zero-order chi connectivity index (χ0) is 13.3. The standard InChI is InChI=1S/C14H18ClFO2/c1-9-6-14(17,7-10(2)18-9)8-11-3-4-13(16)12(15)5-11/h3-5,9-10,17H,6-8H2,1-2H3. The van der Waals surface area contributed by atoms with Gasteiger partial charge in [-0.15, -0.1) is 0 Å². The molecule has 1 N–H and O–H groups in total. The summed E-state index contributed by atoms with van der Waals surface area (Å²) in [6, 6.07) is 4.59. The molecule has 2 nitrogen and oxygen atoms in total. The number of hydrogen-bond donors (Lipinski definition) is 1. The quantitative estimate of drug-likeness (QED) is 0.895. The Morgan fingerprint density at radius 2 is 2.00 bits per heavy atom. The van der Waals surface area contributed by atoms with Crippen molar-refractivity contribution in [2.45, 2.75) is 50.9 Å². The first-order valence-electron chi connectivity index (χ1n) is 6.20. The molecule has 0 aromatic heterocycles. The summed E-state index contributed by atoms with van der Waals surface area (Å²) in [5, 5.41) is 10.7. The van der Waals surface area contributed by atoms with E-state index in [-0.39, 0.29) is 17.2 Å². The van der Waals surface area contributed by atoms with E-state index in [1.54, 1.807) is 12.1 Å². The highest BCUT2D eigenvalue weighted by atomic mass is 35.5. The molecule has 2 atom stereocenters. The van der Waals surface area contributed by atoms with Crippen molar-refractivity contribution in [1.82, 2.24) is 0 Å². The van der Waals surface area contributed by atoms with Crippen LogP contribution >= 0.6 is 11.6 Å². The highest BCUT2D eigenvalue weighted by Gasteiger charge is 2.36. The van der Waals surface area contributed by atoms with E-state index in [4.69, 9.17) is 16.3 Å². The molecule has 0 bridgehead atoms. The summed E-state index contributed by atoms with van der Waals surface area (Å²) in [4.78, 5) is 0. The third-order valence-electron chi connectivity index (χ3n) is 3.32. The van der Waals surface area contributed by atoms with Crippen molar-refractivity contribution in [2.75, 3.05) is 0 Å². The fourth-order valence-electron chi connectivity index (χ4n) is 2.82. The van der Waals surface area contributed by atoms with Crippen LogP contribution in [0.4, 0.5) is 4.39 Å². The fraction of sp³-hybridized carbons (Fsp3) is 0.571. The Morgan fingerprint density at radius 3 is 2.56 bits per heavy atom. The van der Waals surface area contributed by atoms with E-state index in [1.807, 2.05) is 13.8 Å². The summed E-state index contributed by atoms with van der Waals surface area (Å²) >= 11 is 5.75. The van der Waals surface area contributed by atoms with Gasteiger partial charge in [0.15, 0.2) is 0 Å². The number of aliphatic hydroxyl groups is 1. The number of ether oxygens (including phenoxy) is 1. The summed E-state index contributed by atoms with van der Waals surface area (Å²) < 4.78 is 18.7. The molecule has 0 saturated carbocycles. The first-order valence-corrected chi connectivity index (χ1v) is 6.57. The second-order valence-corrected chi connectivity index (χ2v) is 5.72.